The van der Waals surface area contributed by atoms with E-state index in [0.29, 0.717) is 6.54 Å². The van der Waals surface area contributed by atoms with Crippen molar-refractivity contribution in [3.05, 3.63) is 34.5 Å². The highest BCUT2D eigenvalue weighted by Crippen LogP contribution is 2.24. The maximum Gasteiger partial charge on any atom is 0.317 e. The molecule has 0 atom stereocenters. The van der Waals surface area contributed by atoms with Crippen LogP contribution in [0.1, 0.15) is 24.1 Å². The van der Waals surface area contributed by atoms with E-state index in [-0.39, 0.29) is 6.03 Å². The first-order chi connectivity index (χ1) is 9.63. The molecule has 4 nitrogen and oxygen atoms in total. The van der Waals surface area contributed by atoms with Crippen molar-refractivity contribution in [1.82, 2.24) is 15.2 Å². The summed E-state index contributed by atoms with van der Waals surface area (Å²) in [7, 11) is 0. The summed E-state index contributed by atoms with van der Waals surface area (Å²) in [6.07, 6.45) is 2.22. The van der Waals surface area contributed by atoms with Crippen molar-refractivity contribution in [1.29, 1.82) is 0 Å². The largest absolute Gasteiger partial charge is 0.357 e. The summed E-state index contributed by atoms with van der Waals surface area (Å²) in [4.78, 5) is 17.1. The number of rotatable bonds is 2. The third-order valence-electron chi connectivity index (χ3n) is 3.78. The molecule has 20 heavy (non-hydrogen) atoms. The van der Waals surface area contributed by atoms with Gasteiger partial charge in [-0.15, -0.1) is 0 Å². The Hall–Kier alpha value is -1.68. The Bertz CT molecular complexity index is 605. The van der Waals surface area contributed by atoms with Crippen LogP contribution in [0.2, 0.25) is 5.02 Å². The number of H-pyrrole nitrogens is 1. The highest BCUT2D eigenvalue weighted by atomic mass is 35.5. The van der Waals surface area contributed by atoms with E-state index in [2.05, 4.69) is 10.3 Å². The van der Waals surface area contributed by atoms with Crippen molar-refractivity contribution < 1.29 is 4.79 Å². The van der Waals surface area contributed by atoms with Crippen molar-refractivity contribution in [3.63, 3.8) is 0 Å². The standard InChI is InChI=1S/C15H18ClN3O/c1-10-6-14-11(8-13(10)16)7-12(18-14)9-17-15(20)19-4-2-3-5-19/h6-8,18H,2-5,9H2,1H3,(H,17,20). The van der Waals surface area contributed by atoms with Gasteiger partial charge in [-0.1, -0.05) is 11.6 Å². The van der Waals surface area contributed by atoms with Crippen molar-refractivity contribution in [2.45, 2.75) is 26.3 Å². The topological polar surface area (TPSA) is 48.1 Å². The van der Waals surface area contributed by atoms with Gasteiger partial charge in [-0.25, -0.2) is 4.79 Å². The maximum atomic E-state index is 11.9. The van der Waals surface area contributed by atoms with Gasteiger partial charge in [0.1, 0.15) is 0 Å². The molecule has 2 N–H and O–H groups in total. The first-order valence-corrected chi connectivity index (χ1v) is 7.32. The number of nitrogens with one attached hydrogen (secondary N) is 2. The molecule has 1 aliphatic heterocycles. The molecule has 106 valence electrons. The number of fused-ring (bicyclic) bond motifs is 1. The normalized spacial score (nSPS) is 15.0. The maximum absolute atomic E-state index is 11.9. The van der Waals surface area contributed by atoms with Gasteiger partial charge in [0, 0.05) is 34.7 Å². The second-order valence-corrected chi connectivity index (χ2v) is 5.74. The van der Waals surface area contributed by atoms with Gasteiger partial charge in [0.15, 0.2) is 0 Å². The fourth-order valence-electron chi connectivity index (χ4n) is 2.62. The molecule has 0 radical (unpaired) electrons. The van der Waals surface area contributed by atoms with Gasteiger partial charge in [0.25, 0.3) is 0 Å². The summed E-state index contributed by atoms with van der Waals surface area (Å²) < 4.78 is 0. The fourth-order valence-corrected chi connectivity index (χ4v) is 2.79. The molecule has 0 bridgehead atoms. The first-order valence-electron chi connectivity index (χ1n) is 6.94. The summed E-state index contributed by atoms with van der Waals surface area (Å²) >= 11 is 6.12. The Morgan fingerprint density at radius 2 is 2.10 bits per heavy atom. The molecular formula is C15H18ClN3O. The van der Waals surface area contributed by atoms with Gasteiger partial charge in [-0.05, 0) is 43.5 Å². The molecule has 1 saturated heterocycles. The smallest absolute Gasteiger partial charge is 0.317 e. The summed E-state index contributed by atoms with van der Waals surface area (Å²) in [6, 6.07) is 6.04. The Labute approximate surface area is 123 Å². The van der Waals surface area contributed by atoms with Crippen LogP contribution in [0.15, 0.2) is 18.2 Å². The molecule has 0 saturated carbocycles. The van der Waals surface area contributed by atoms with Crippen LogP contribution in [0, 0.1) is 6.92 Å². The zero-order chi connectivity index (χ0) is 14.1. The lowest BCUT2D eigenvalue weighted by molar-refractivity contribution is 0.208. The van der Waals surface area contributed by atoms with Crippen molar-refractivity contribution in [2.24, 2.45) is 0 Å². The van der Waals surface area contributed by atoms with E-state index in [0.717, 1.165) is 53.1 Å². The van der Waals surface area contributed by atoms with Crippen molar-refractivity contribution >= 4 is 28.5 Å². The van der Waals surface area contributed by atoms with Gasteiger partial charge < -0.3 is 15.2 Å². The van der Waals surface area contributed by atoms with Crippen LogP contribution in [0.5, 0.6) is 0 Å². The third kappa shape index (κ3) is 2.61. The predicted molar refractivity (Wildman–Crippen MR) is 81.1 cm³/mol. The molecule has 1 aliphatic rings. The molecule has 2 aromatic rings. The molecular weight excluding hydrogens is 274 g/mol. The molecule has 2 heterocycles. The number of hydrogen-bond acceptors (Lipinski definition) is 1. The number of nitrogens with zero attached hydrogens (tertiary/aromatic N) is 1. The quantitative estimate of drug-likeness (QED) is 0.875. The number of urea groups is 1. The Morgan fingerprint density at radius 1 is 1.35 bits per heavy atom. The highest BCUT2D eigenvalue weighted by molar-refractivity contribution is 6.32. The van der Waals surface area contributed by atoms with E-state index < -0.39 is 0 Å². The van der Waals surface area contributed by atoms with Crippen LogP contribution < -0.4 is 5.32 Å². The second kappa shape index (κ2) is 5.37. The minimum Gasteiger partial charge on any atom is -0.357 e. The Balaban J connectivity index is 1.69. The number of hydrogen-bond donors (Lipinski definition) is 2. The lowest BCUT2D eigenvalue weighted by atomic mass is 10.2. The van der Waals surface area contributed by atoms with E-state index in [1.807, 2.05) is 30.0 Å². The lowest BCUT2D eigenvalue weighted by Crippen LogP contribution is -2.37. The Kier molecular flexibility index (Phi) is 3.57. The summed E-state index contributed by atoms with van der Waals surface area (Å²) in [6.45, 7) is 4.23. The molecule has 1 aromatic heterocycles. The number of carbonyl (C=O) groups excluding carboxylic acids is 1. The number of aromatic amines is 1. The number of amides is 2. The predicted octanol–water partition coefficient (Wildman–Crippen LogP) is 3.44. The van der Waals surface area contributed by atoms with Crippen LogP contribution >= 0.6 is 11.6 Å². The van der Waals surface area contributed by atoms with Gasteiger partial charge in [-0.3, -0.25) is 0 Å². The number of likely N-dealkylation sites (tertiary alicyclic amines) is 1. The molecule has 0 aliphatic carbocycles. The number of aromatic nitrogens is 1. The third-order valence-corrected chi connectivity index (χ3v) is 4.19. The van der Waals surface area contributed by atoms with Gasteiger partial charge >= 0.3 is 6.03 Å². The molecule has 5 heteroatoms. The number of benzene rings is 1. The van der Waals surface area contributed by atoms with Crippen molar-refractivity contribution in [2.75, 3.05) is 13.1 Å². The molecule has 1 aromatic carbocycles. The molecule has 3 rings (SSSR count). The first kappa shape index (κ1) is 13.3. The fraction of sp³-hybridized carbons (Fsp3) is 0.400. The van der Waals surface area contributed by atoms with E-state index in [1.165, 1.54) is 0 Å². The molecule has 0 spiro atoms. The lowest BCUT2D eigenvalue weighted by Gasteiger charge is -2.15. The minimum absolute atomic E-state index is 0.0235. The average molecular weight is 292 g/mol. The van der Waals surface area contributed by atoms with E-state index >= 15 is 0 Å². The number of aryl methyl sites for hydroxylation is 1. The second-order valence-electron chi connectivity index (χ2n) is 5.34. The molecule has 0 unspecified atom stereocenters. The summed E-state index contributed by atoms with van der Waals surface area (Å²) in [5, 5.41) is 4.80. The van der Waals surface area contributed by atoms with Crippen LogP contribution in [-0.2, 0) is 6.54 Å². The van der Waals surface area contributed by atoms with Crippen LogP contribution in [0.25, 0.3) is 10.9 Å². The highest BCUT2D eigenvalue weighted by Gasteiger charge is 2.17. The van der Waals surface area contributed by atoms with Crippen LogP contribution in [0.3, 0.4) is 0 Å². The van der Waals surface area contributed by atoms with Gasteiger partial charge in [0.2, 0.25) is 0 Å². The zero-order valence-corrected chi connectivity index (χ0v) is 12.3. The van der Waals surface area contributed by atoms with Gasteiger partial charge in [0.05, 0.1) is 6.54 Å². The Morgan fingerprint density at radius 3 is 2.85 bits per heavy atom. The zero-order valence-electron chi connectivity index (χ0n) is 11.5. The van der Waals surface area contributed by atoms with E-state index in [4.69, 9.17) is 11.6 Å². The van der Waals surface area contributed by atoms with Crippen LogP contribution in [0.4, 0.5) is 4.79 Å². The summed E-state index contributed by atoms with van der Waals surface area (Å²) in [5.41, 5.74) is 3.10. The minimum atomic E-state index is 0.0235. The van der Waals surface area contributed by atoms with E-state index in [9.17, 15) is 4.79 Å². The number of halogens is 1. The van der Waals surface area contributed by atoms with E-state index in [1.54, 1.807) is 0 Å². The molecule has 1 fully saturated rings. The van der Waals surface area contributed by atoms with Crippen molar-refractivity contribution in [3.8, 4) is 0 Å². The number of carbonyl (C=O) groups is 1. The molecule has 2 amide bonds. The van der Waals surface area contributed by atoms with Gasteiger partial charge in [-0.2, -0.15) is 0 Å². The summed E-state index contributed by atoms with van der Waals surface area (Å²) in [5.74, 6) is 0. The van der Waals surface area contributed by atoms with Crippen LogP contribution in [-0.4, -0.2) is 29.0 Å². The monoisotopic (exact) mass is 291 g/mol. The average Bonchev–Trinajstić information content (AvgIpc) is 3.05. The SMILES string of the molecule is Cc1cc2[nH]c(CNC(=O)N3CCCC3)cc2cc1Cl.